The zero-order valence-corrected chi connectivity index (χ0v) is 18.2. The summed E-state index contributed by atoms with van der Waals surface area (Å²) in [5.41, 5.74) is 3.35. The number of ether oxygens (including phenoxy) is 1. The number of halogens is 2. The quantitative estimate of drug-likeness (QED) is 0.295. The van der Waals surface area contributed by atoms with E-state index in [2.05, 4.69) is 36.9 Å². The van der Waals surface area contributed by atoms with Crippen molar-refractivity contribution in [3.05, 3.63) is 89.0 Å². The largest absolute Gasteiger partial charge is 0.368 e. The summed E-state index contributed by atoms with van der Waals surface area (Å²) in [5, 5.41) is 0. The van der Waals surface area contributed by atoms with Crippen molar-refractivity contribution in [1.82, 2.24) is 0 Å². The second-order valence-electron chi connectivity index (χ2n) is 8.96. The summed E-state index contributed by atoms with van der Waals surface area (Å²) in [4.78, 5) is 0. The third-order valence-corrected chi connectivity index (χ3v) is 6.80. The van der Waals surface area contributed by atoms with Gasteiger partial charge in [-0.25, -0.2) is 8.78 Å². The minimum absolute atomic E-state index is 0.265. The molecule has 164 valence electrons. The molecule has 1 aliphatic heterocycles. The molecule has 4 rings (SSSR count). The van der Waals surface area contributed by atoms with Crippen LogP contribution < -0.4 is 0 Å². The van der Waals surface area contributed by atoms with Gasteiger partial charge in [-0.1, -0.05) is 54.6 Å². The first-order valence-corrected chi connectivity index (χ1v) is 11.6. The Balaban J connectivity index is 1.26. The van der Waals surface area contributed by atoms with E-state index in [-0.39, 0.29) is 6.10 Å². The molecule has 1 aliphatic carbocycles. The van der Waals surface area contributed by atoms with Crippen LogP contribution in [-0.4, -0.2) is 6.61 Å². The molecule has 0 spiro atoms. The lowest BCUT2D eigenvalue weighted by molar-refractivity contribution is 0.312. The van der Waals surface area contributed by atoms with Gasteiger partial charge in [0, 0.05) is 5.56 Å². The molecule has 2 aromatic carbocycles. The highest BCUT2D eigenvalue weighted by Gasteiger charge is 2.29. The van der Waals surface area contributed by atoms with Crippen molar-refractivity contribution in [1.29, 1.82) is 0 Å². The maximum atomic E-state index is 14.2. The number of hydrogen-bond donors (Lipinski definition) is 0. The summed E-state index contributed by atoms with van der Waals surface area (Å²) in [6.07, 6.45) is 14.7. The first-order chi connectivity index (χ1) is 15.2. The van der Waals surface area contributed by atoms with Crippen LogP contribution in [0.3, 0.4) is 0 Å². The summed E-state index contributed by atoms with van der Waals surface area (Å²) in [5.74, 6) is 0.0622. The van der Waals surface area contributed by atoms with Gasteiger partial charge in [0.05, 0.1) is 6.61 Å². The minimum Gasteiger partial charge on any atom is -0.368 e. The summed E-state index contributed by atoms with van der Waals surface area (Å²) >= 11 is 0. The normalized spacial score (nSPS) is 23.2. The average molecular weight is 423 g/mol. The SMILES string of the molecule is C=CCCC1CCC(c2ccc(/C=C/CCc3ccc(C4CO4)c(F)c3F)cc2)CC1. The zero-order valence-electron chi connectivity index (χ0n) is 18.2. The van der Waals surface area contributed by atoms with Crippen LogP contribution in [0.25, 0.3) is 6.08 Å². The molecule has 0 N–H and O–H groups in total. The summed E-state index contributed by atoms with van der Waals surface area (Å²) < 4.78 is 33.4. The van der Waals surface area contributed by atoms with Gasteiger partial charge >= 0.3 is 0 Å². The molecule has 2 fully saturated rings. The Hall–Kier alpha value is -2.26. The topological polar surface area (TPSA) is 12.5 Å². The van der Waals surface area contributed by atoms with Crippen molar-refractivity contribution < 1.29 is 13.5 Å². The first-order valence-electron chi connectivity index (χ1n) is 11.6. The molecular formula is C28H32F2O. The predicted molar refractivity (Wildman–Crippen MR) is 123 cm³/mol. The highest BCUT2D eigenvalue weighted by atomic mass is 19.2. The van der Waals surface area contributed by atoms with Crippen molar-refractivity contribution in [2.24, 2.45) is 5.92 Å². The smallest absolute Gasteiger partial charge is 0.164 e. The Morgan fingerprint density at radius 3 is 2.35 bits per heavy atom. The number of aryl methyl sites for hydroxylation is 1. The number of hydrogen-bond acceptors (Lipinski definition) is 1. The number of rotatable bonds is 9. The van der Waals surface area contributed by atoms with Gasteiger partial charge in [0.15, 0.2) is 11.6 Å². The highest BCUT2D eigenvalue weighted by molar-refractivity contribution is 5.50. The van der Waals surface area contributed by atoms with Crippen LogP contribution in [-0.2, 0) is 11.2 Å². The lowest BCUT2D eigenvalue weighted by Gasteiger charge is -2.28. The van der Waals surface area contributed by atoms with E-state index in [1.165, 1.54) is 37.7 Å². The molecule has 2 aliphatic rings. The molecule has 0 amide bonds. The van der Waals surface area contributed by atoms with Crippen molar-refractivity contribution >= 4 is 6.08 Å². The monoisotopic (exact) mass is 422 g/mol. The molecule has 1 unspecified atom stereocenters. The molecular weight excluding hydrogens is 390 g/mol. The third kappa shape index (κ3) is 5.71. The molecule has 1 atom stereocenters. The summed E-state index contributed by atoms with van der Waals surface area (Å²) in [6, 6.07) is 12.2. The van der Waals surface area contributed by atoms with Gasteiger partial charge in [-0.15, -0.1) is 6.58 Å². The number of benzene rings is 2. The molecule has 0 bridgehead atoms. The average Bonchev–Trinajstić information content (AvgIpc) is 3.64. The van der Waals surface area contributed by atoms with Crippen molar-refractivity contribution in [2.45, 2.75) is 63.4 Å². The molecule has 2 aromatic rings. The van der Waals surface area contributed by atoms with E-state index >= 15 is 0 Å². The lowest BCUT2D eigenvalue weighted by atomic mass is 9.77. The van der Waals surface area contributed by atoms with Gasteiger partial charge in [0.25, 0.3) is 0 Å². The molecule has 0 radical (unpaired) electrons. The maximum Gasteiger partial charge on any atom is 0.164 e. The number of allylic oxidation sites excluding steroid dienone is 2. The van der Waals surface area contributed by atoms with E-state index in [0.29, 0.717) is 36.5 Å². The van der Waals surface area contributed by atoms with Gasteiger partial charge in [-0.05, 0) is 79.9 Å². The van der Waals surface area contributed by atoms with E-state index in [4.69, 9.17) is 4.74 Å². The Bertz CT molecular complexity index is 903. The van der Waals surface area contributed by atoms with E-state index in [9.17, 15) is 8.78 Å². The molecule has 31 heavy (non-hydrogen) atoms. The lowest BCUT2D eigenvalue weighted by Crippen LogP contribution is -2.13. The van der Waals surface area contributed by atoms with Gasteiger partial charge in [0.1, 0.15) is 6.10 Å². The fourth-order valence-electron chi connectivity index (χ4n) is 4.75. The number of epoxide rings is 1. The molecule has 1 saturated heterocycles. The third-order valence-electron chi connectivity index (χ3n) is 6.80. The molecule has 1 saturated carbocycles. The Morgan fingerprint density at radius 1 is 0.935 bits per heavy atom. The van der Waals surface area contributed by atoms with Gasteiger partial charge < -0.3 is 4.74 Å². The highest BCUT2D eigenvalue weighted by Crippen LogP contribution is 2.37. The van der Waals surface area contributed by atoms with E-state index in [0.717, 1.165) is 17.9 Å². The van der Waals surface area contributed by atoms with Crippen LogP contribution in [0.5, 0.6) is 0 Å². The minimum atomic E-state index is -0.755. The van der Waals surface area contributed by atoms with Crippen molar-refractivity contribution in [3.63, 3.8) is 0 Å². The van der Waals surface area contributed by atoms with Gasteiger partial charge in [-0.2, -0.15) is 0 Å². The Morgan fingerprint density at radius 2 is 1.68 bits per heavy atom. The van der Waals surface area contributed by atoms with Crippen LogP contribution in [0.4, 0.5) is 8.78 Å². The Labute approximate surface area is 184 Å². The second kappa shape index (κ2) is 10.4. The van der Waals surface area contributed by atoms with E-state index < -0.39 is 11.6 Å². The maximum absolute atomic E-state index is 14.2. The summed E-state index contributed by atoms with van der Waals surface area (Å²) in [7, 11) is 0. The van der Waals surface area contributed by atoms with Crippen molar-refractivity contribution in [3.8, 4) is 0 Å². The van der Waals surface area contributed by atoms with E-state index in [1.807, 2.05) is 12.2 Å². The van der Waals surface area contributed by atoms with Crippen LogP contribution in [0, 0.1) is 17.6 Å². The Kier molecular flexibility index (Phi) is 7.34. The van der Waals surface area contributed by atoms with Crippen LogP contribution in [0.15, 0.2) is 55.1 Å². The van der Waals surface area contributed by atoms with Crippen LogP contribution in [0.1, 0.15) is 79.2 Å². The fourth-order valence-corrected chi connectivity index (χ4v) is 4.75. The van der Waals surface area contributed by atoms with Gasteiger partial charge in [-0.3, -0.25) is 0 Å². The fraction of sp³-hybridized carbons (Fsp3) is 0.429. The molecule has 3 heteroatoms. The second-order valence-corrected chi connectivity index (χ2v) is 8.96. The first kappa shape index (κ1) is 22.0. The van der Waals surface area contributed by atoms with Crippen molar-refractivity contribution in [2.75, 3.05) is 6.61 Å². The van der Waals surface area contributed by atoms with Gasteiger partial charge in [0.2, 0.25) is 0 Å². The molecule has 1 heterocycles. The van der Waals surface area contributed by atoms with Crippen LogP contribution >= 0.6 is 0 Å². The zero-order chi connectivity index (χ0) is 21.6. The van der Waals surface area contributed by atoms with Crippen LogP contribution in [0.2, 0.25) is 0 Å². The standard InChI is InChI=1S/C28H32F2O/c1-2-3-6-20-9-13-22(14-10-20)23-15-11-21(12-16-23)7-4-5-8-24-17-18-25(26-19-31-26)28(30)27(24)29/h2,4,7,11-12,15-18,20,22,26H,1,3,5-6,8-10,13-14,19H2/b7-4+. The van der Waals surface area contributed by atoms with E-state index in [1.54, 1.807) is 12.1 Å². The molecule has 1 nitrogen and oxygen atoms in total. The molecule has 0 aromatic heterocycles. The summed E-state index contributed by atoms with van der Waals surface area (Å²) in [6.45, 7) is 4.31. The predicted octanol–water partition coefficient (Wildman–Crippen LogP) is 7.92.